The van der Waals surface area contributed by atoms with Crippen LogP contribution in [-0.2, 0) is 65.4 Å². The molecule has 0 saturated heterocycles. The fourth-order valence-electron chi connectivity index (χ4n) is 10.6. The van der Waals surface area contributed by atoms with E-state index in [1.54, 1.807) is 0 Å². The minimum atomic E-state index is -4.96. The number of phosphoric acid groups is 2. The Balaban J connectivity index is 5.29. The molecule has 0 fully saturated rings. The lowest BCUT2D eigenvalue weighted by atomic mass is 10.0. The lowest BCUT2D eigenvalue weighted by Crippen LogP contribution is -2.30. The molecule has 0 aromatic rings. The average Bonchev–Trinajstić information content (AvgIpc) is 3.63. The first-order valence-electron chi connectivity index (χ1n) is 37.6. The Labute approximate surface area is 561 Å². The van der Waals surface area contributed by atoms with Crippen LogP contribution in [0.2, 0.25) is 0 Å². The molecule has 3 N–H and O–H groups in total. The predicted octanol–water partition coefficient (Wildman–Crippen LogP) is 21.0. The number of hydrogen-bond acceptors (Lipinski definition) is 15. The number of unbranched alkanes of at least 4 members (excludes halogenated alkanes) is 42. The molecule has 0 amide bonds. The van der Waals surface area contributed by atoms with E-state index in [9.17, 15) is 43.2 Å². The monoisotopic (exact) mass is 1350 g/mol. The molecule has 0 aliphatic carbocycles. The van der Waals surface area contributed by atoms with E-state index >= 15 is 0 Å². The van der Waals surface area contributed by atoms with E-state index in [1.807, 2.05) is 0 Å². The first-order chi connectivity index (χ1) is 44.7. The highest BCUT2D eigenvalue weighted by Crippen LogP contribution is 2.45. The highest BCUT2D eigenvalue weighted by molar-refractivity contribution is 7.47. The molecule has 0 rings (SSSR count). The zero-order chi connectivity index (χ0) is 67.5. The molecule has 0 aromatic heterocycles. The minimum Gasteiger partial charge on any atom is -0.462 e. The second-order valence-electron chi connectivity index (χ2n) is 25.6. The van der Waals surface area contributed by atoms with Gasteiger partial charge in [-0.05, 0) is 77.0 Å². The number of aliphatic hydroxyl groups is 1. The summed E-state index contributed by atoms with van der Waals surface area (Å²) in [5.41, 5.74) is 0. The standard InChI is InChI=1S/C73H138O17P2/c1-5-9-13-17-21-25-29-33-37-41-45-49-53-57-70(75)83-63-68(89-72(77)59-55-51-47-43-39-35-31-27-23-19-15-11-7-3)65-87-91(79,80)85-61-67(74)62-86-92(81,82)88-66-69(90-73(78)60-56-52-48-44-40-36-32-28-24-20-16-12-8-4)64-84-71(76)58-54-50-46-42-38-34-30-26-22-18-14-10-6-2/h25,28-29,32,67-69,74H,5-24,26-27,30-31,33-66H2,1-4H3,(H,79,80)(H,81,82)/b29-25-,32-28-/t67-,68+,69+/m0/s1. The Morgan fingerprint density at radius 3 is 0.761 bits per heavy atom. The highest BCUT2D eigenvalue weighted by atomic mass is 31.2. The lowest BCUT2D eigenvalue weighted by molar-refractivity contribution is -0.161. The molecule has 0 aliphatic heterocycles. The van der Waals surface area contributed by atoms with Crippen molar-refractivity contribution >= 4 is 39.5 Å². The third-order valence-electron chi connectivity index (χ3n) is 16.4. The highest BCUT2D eigenvalue weighted by Gasteiger charge is 2.30. The smallest absolute Gasteiger partial charge is 0.462 e. The van der Waals surface area contributed by atoms with Crippen molar-refractivity contribution in [3.63, 3.8) is 0 Å². The van der Waals surface area contributed by atoms with E-state index in [4.69, 9.17) is 37.0 Å². The van der Waals surface area contributed by atoms with Crippen molar-refractivity contribution in [1.82, 2.24) is 0 Å². The maximum Gasteiger partial charge on any atom is 0.472 e. The quantitative estimate of drug-likeness (QED) is 0.0169. The number of carbonyl (C=O) groups excluding carboxylic acids is 4. The van der Waals surface area contributed by atoms with Gasteiger partial charge in [-0.3, -0.25) is 37.3 Å². The molecule has 0 aromatic carbocycles. The van der Waals surface area contributed by atoms with Gasteiger partial charge in [0.15, 0.2) is 12.2 Å². The maximum absolute atomic E-state index is 13.0. The average molecular weight is 1350 g/mol. The summed E-state index contributed by atoms with van der Waals surface area (Å²) in [4.78, 5) is 72.7. The number of aliphatic hydroxyl groups excluding tert-OH is 1. The summed E-state index contributed by atoms with van der Waals surface area (Å²) < 4.78 is 68.4. The van der Waals surface area contributed by atoms with Crippen molar-refractivity contribution in [2.24, 2.45) is 0 Å². The molecule has 0 bridgehead atoms. The number of allylic oxidation sites excluding steroid dienone is 4. The summed E-state index contributed by atoms with van der Waals surface area (Å²) in [5, 5.41) is 10.6. The number of ether oxygens (including phenoxy) is 4. The fraction of sp³-hybridized carbons (Fsp3) is 0.890. The van der Waals surface area contributed by atoms with Gasteiger partial charge in [0.05, 0.1) is 26.4 Å². The largest absolute Gasteiger partial charge is 0.472 e. The van der Waals surface area contributed by atoms with Crippen molar-refractivity contribution in [2.75, 3.05) is 39.6 Å². The molecule has 0 radical (unpaired) electrons. The van der Waals surface area contributed by atoms with E-state index < -0.39 is 97.5 Å². The molecule has 0 spiro atoms. The molecule has 92 heavy (non-hydrogen) atoms. The van der Waals surface area contributed by atoms with Crippen LogP contribution in [-0.4, -0.2) is 96.7 Å². The van der Waals surface area contributed by atoms with Crippen molar-refractivity contribution < 1.29 is 80.2 Å². The third-order valence-corrected chi connectivity index (χ3v) is 18.3. The Bertz CT molecular complexity index is 1850. The molecule has 5 atom stereocenters. The van der Waals surface area contributed by atoms with Crippen LogP contribution in [0.25, 0.3) is 0 Å². The zero-order valence-electron chi connectivity index (χ0n) is 59.0. The molecule has 542 valence electrons. The maximum atomic E-state index is 13.0. The second kappa shape index (κ2) is 67.1. The first kappa shape index (κ1) is 89.5. The second-order valence-corrected chi connectivity index (χ2v) is 28.5. The summed E-state index contributed by atoms with van der Waals surface area (Å²) in [6, 6.07) is 0. The van der Waals surface area contributed by atoms with E-state index in [0.29, 0.717) is 25.7 Å². The van der Waals surface area contributed by atoms with Crippen LogP contribution in [0.4, 0.5) is 0 Å². The van der Waals surface area contributed by atoms with Gasteiger partial charge in [-0.15, -0.1) is 0 Å². The zero-order valence-corrected chi connectivity index (χ0v) is 60.8. The van der Waals surface area contributed by atoms with Gasteiger partial charge in [0.25, 0.3) is 0 Å². The van der Waals surface area contributed by atoms with Gasteiger partial charge in [0.1, 0.15) is 19.3 Å². The molecule has 2 unspecified atom stereocenters. The van der Waals surface area contributed by atoms with Crippen LogP contribution >= 0.6 is 15.6 Å². The van der Waals surface area contributed by atoms with Crippen LogP contribution in [0.3, 0.4) is 0 Å². The molecule has 19 heteroatoms. The summed E-state index contributed by atoms with van der Waals surface area (Å²) in [6.07, 6.45) is 58.8. The van der Waals surface area contributed by atoms with Crippen molar-refractivity contribution in [2.45, 2.75) is 380 Å². The summed E-state index contributed by atoms with van der Waals surface area (Å²) in [6.45, 7) is 4.90. The fourth-order valence-corrected chi connectivity index (χ4v) is 12.2. The Hall–Kier alpha value is -2.46. The van der Waals surface area contributed by atoms with Gasteiger partial charge in [0, 0.05) is 25.7 Å². The van der Waals surface area contributed by atoms with E-state index in [-0.39, 0.29) is 25.7 Å². The number of rotatable bonds is 72. The normalized spacial score (nSPS) is 14.1. The number of carbonyl (C=O) groups is 4. The summed E-state index contributed by atoms with van der Waals surface area (Å²) in [7, 11) is -9.92. The van der Waals surface area contributed by atoms with Crippen molar-refractivity contribution in [3.8, 4) is 0 Å². The molecular formula is C73H138O17P2. The summed E-state index contributed by atoms with van der Waals surface area (Å²) in [5.74, 6) is -2.15. The van der Waals surface area contributed by atoms with Crippen LogP contribution < -0.4 is 0 Å². The molecule has 0 heterocycles. The van der Waals surface area contributed by atoms with Gasteiger partial charge in [0.2, 0.25) is 0 Å². The summed E-state index contributed by atoms with van der Waals surface area (Å²) >= 11 is 0. The SMILES string of the molecule is CCCCCC/C=C\CCCCCCCC(=O)OC[C@H](COP(=O)(O)OC[C@H](O)COP(=O)(O)OC[C@@H](COC(=O)CCCCCCCCCCCCCCC)OC(=O)CCCCCCC/C=C\CCCCCC)OC(=O)CCCCCCCCCCCCCCC. The topological polar surface area (TPSA) is 237 Å². The molecule has 0 aliphatic rings. The number of esters is 4. The van der Waals surface area contributed by atoms with E-state index in [1.165, 1.54) is 161 Å². The lowest BCUT2D eigenvalue weighted by Gasteiger charge is -2.21. The molecule has 17 nitrogen and oxygen atoms in total. The molecule has 0 saturated carbocycles. The first-order valence-corrected chi connectivity index (χ1v) is 40.6. The number of hydrogen-bond donors (Lipinski definition) is 3. The van der Waals surface area contributed by atoms with Gasteiger partial charge >= 0.3 is 39.5 Å². The van der Waals surface area contributed by atoms with E-state index in [2.05, 4.69) is 52.0 Å². The van der Waals surface area contributed by atoms with E-state index in [0.717, 1.165) is 122 Å². The third kappa shape index (κ3) is 66.2. The predicted molar refractivity (Wildman–Crippen MR) is 372 cm³/mol. The van der Waals surface area contributed by atoms with Gasteiger partial charge in [-0.25, -0.2) is 9.13 Å². The van der Waals surface area contributed by atoms with Crippen LogP contribution in [0.5, 0.6) is 0 Å². The van der Waals surface area contributed by atoms with Crippen LogP contribution in [0.1, 0.15) is 362 Å². The van der Waals surface area contributed by atoms with Gasteiger partial charge in [-0.2, -0.15) is 0 Å². The van der Waals surface area contributed by atoms with Gasteiger partial charge in [-0.1, -0.05) is 283 Å². The Morgan fingerprint density at radius 1 is 0.293 bits per heavy atom. The van der Waals surface area contributed by atoms with Crippen molar-refractivity contribution in [1.29, 1.82) is 0 Å². The van der Waals surface area contributed by atoms with Crippen LogP contribution in [0.15, 0.2) is 24.3 Å². The Kier molecular flexibility index (Phi) is 65.3. The number of phosphoric ester groups is 2. The minimum absolute atomic E-state index is 0.0933. The molecular weight excluding hydrogens is 1210 g/mol. The Morgan fingerprint density at radius 2 is 0.500 bits per heavy atom. The van der Waals surface area contributed by atoms with Gasteiger partial charge < -0.3 is 33.8 Å². The van der Waals surface area contributed by atoms with Crippen LogP contribution in [0, 0.1) is 0 Å². The van der Waals surface area contributed by atoms with Crippen molar-refractivity contribution in [3.05, 3.63) is 24.3 Å².